The summed E-state index contributed by atoms with van der Waals surface area (Å²) in [6.07, 6.45) is 4.91. The Balaban J connectivity index is 2.18. The predicted molar refractivity (Wildman–Crippen MR) is 86.3 cm³/mol. The number of aromatic nitrogens is 2. The largest absolute Gasteiger partial charge is 0.389 e. The number of rotatable bonds is 4. The number of nitrogens with one attached hydrogen (secondary N) is 2. The Kier molecular flexibility index (Phi) is 4.83. The Labute approximate surface area is 127 Å². The second-order valence-electron chi connectivity index (χ2n) is 6.01. The molecule has 0 bridgehead atoms. The summed E-state index contributed by atoms with van der Waals surface area (Å²) in [5, 5.41) is 9.45. The monoisotopic (exact) mass is 334 g/mol. The highest BCUT2D eigenvalue weighted by molar-refractivity contribution is 7.72. The molecule has 8 heteroatoms. The van der Waals surface area contributed by atoms with Crippen LogP contribution in [0.4, 0.5) is 0 Å². The number of aliphatic hydroxyl groups is 1. The van der Waals surface area contributed by atoms with E-state index in [0.29, 0.717) is 6.42 Å². The predicted octanol–water partition coefficient (Wildman–Crippen LogP) is 0.571. The van der Waals surface area contributed by atoms with Crippen molar-refractivity contribution in [1.82, 2.24) is 9.97 Å². The topological polar surface area (TPSA) is 95.2 Å². The molecule has 0 aromatic carbocycles. The van der Waals surface area contributed by atoms with Crippen LogP contribution in [0.3, 0.4) is 0 Å². The quantitative estimate of drug-likeness (QED) is 0.554. The zero-order valence-electron chi connectivity index (χ0n) is 12.0. The SMILES string of the molecule is C=P(C)(C)CC[C@H]1O[C@@H](c2c[nH]c(=O)[nH]c2=O)[C@H](Cl)[C@@H]1O. The summed E-state index contributed by atoms with van der Waals surface area (Å²) in [5.74, 6) is 0. The fourth-order valence-electron chi connectivity index (χ4n) is 2.32. The molecule has 0 aliphatic carbocycles. The van der Waals surface area contributed by atoms with E-state index in [2.05, 4.69) is 29.6 Å². The highest BCUT2D eigenvalue weighted by Crippen LogP contribution is 2.41. The molecule has 0 radical (unpaired) electrons. The van der Waals surface area contributed by atoms with Crippen molar-refractivity contribution in [2.75, 3.05) is 19.5 Å². The van der Waals surface area contributed by atoms with Crippen LogP contribution in [0.2, 0.25) is 0 Å². The van der Waals surface area contributed by atoms with Crippen molar-refractivity contribution in [3.63, 3.8) is 0 Å². The lowest BCUT2D eigenvalue weighted by atomic mass is 10.1. The maximum Gasteiger partial charge on any atom is 0.325 e. The van der Waals surface area contributed by atoms with E-state index < -0.39 is 41.8 Å². The van der Waals surface area contributed by atoms with Crippen LogP contribution in [-0.2, 0) is 4.74 Å². The average Bonchev–Trinajstić information content (AvgIpc) is 2.64. The van der Waals surface area contributed by atoms with Crippen LogP contribution in [0.25, 0.3) is 0 Å². The first-order valence-electron chi connectivity index (χ1n) is 6.66. The lowest BCUT2D eigenvalue weighted by molar-refractivity contribution is 0.00777. The van der Waals surface area contributed by atoms with Crippen molar-refractivity contribution in [3.8, 4) is 0 Å². The summed E-state index contributed by atoms with van der Waals surface area (Å²) in [7, 11) is 0. The van der Waals surface area contributed by atoms with Gasteiger partial charge in [0.1, 0.15) is 6.10 Å². The minimum atomic E-state index is -1.22. The lowest BCUT2D eigenvalue weighted by Crippen LogP contribution is -2.30. The van der Waals surface area contributed by atoms with Crippen molar-refractivity contribution in [3.05, 3.63) is 32.6 Å². The molecule has 21 heavy (non-hydrogen) atoms. The minimum absolute atomic E-state index is 0.222. The Morgan fingerprint density at radius 2 is 2.14 bits per heavy atom. The van der Waals surface area contributed by atoms with E-state index in [-0.39, 0.29) is 5.56 Å². The number of aromatic amines is 2. The average molecular weight is 335 g/mol. The molecule has 2 rings (SSSR count). The van der Waals surface area contributed by atoms with Gasteiger partial charge in [-0.05, 0) is 25.9 Å². The molecule has 1 aromatic rings. The fourth-order valence-corrected chi connectivity index (χ4v) is 3.63. The standard InChI is InChI=1S/C13H20ClN2O4P/c1-21(2,3)5-4-8-10(17)9(14)11(20-8)7-6-15-13(19)16-12(7)18/h6,8-11,17H,1,4-5H2,2-3H3,(H2,15,16,18,19)/t8-,9-,10-,11+/m1/s1. The van der Waals surface area contributed by atoms with E-state index in [9.17, 15) is 14.7 Å². The summed E-state index contributed by atoms with van der Waals surface area (Å²) in [4.78, 5) is 27.4. The molecule has 0 saturated carbocycles. The van der Waals surface area contributed by atoms with Crippen molar-refractivity contribution < 1.29 is 9.84 Å². The lowest BCUT2D eigenvalue weighted by Gasteiger charge is -2.18. The number of hydrogen-bond acceptors (Lipinski definition) is 4. The first-order valence-corrected chi connectivity index (χ1v) is 10.1. The summed E-state index contributed by atoms with van der Waals surface area (Å²) < 4.78 is 5.75. The molecule has 6 nitrogen and oxygen atoms in total. The highest BCUT2D eigenvalue weighted by Gasteiger charge is 2.44. The van der Waals surface area contributed by atoms with Gasteiger partial charge in [0.05, 0.1) is 23.1 Å². The first kappa shape index (κ1) is 16.6. The van der Waals surface area contributed by atoms with Gasteiger partial charge in [0.2, 0.25) is 0 Å². The van der Waals surface area contributed by atoms with Crippen molar-refractivity contribution in [2.24, 2.45) is 0 Å². The Morgan fingerprint density at radius 3 is 2.71 bits per heavy atom. The highest BCUT2D eigenvalue weighted by atomic mass is 35.5. The zero-order valence-corrected chi connectivity index (χ0v) is 13.7. The van der Waals surface area contributed by atoms with Gasteiger partial charge in [-0.2, -0.15) is 0 Å². The van der Waals surface area contributed by atoms with Gasteiger partial charge in [0.15, 0.2) is 0 Å². The van der Waals surface area contributed by atoms with Gasteiger partial charge in [-0.1, -0.05) is 0 Å². The molecule has 118 valence electrons. The maximum absolute atomic E-state index is 11.8. The number of hydrogen-bond donors (Lipinski definition) is 3. The minimum Gasteiger partial charge on any atom is -0.389 e. The van der Waals surface area contributed by atoms with E-state index in [4.69, 9.17) is 16.3 Å². The second-order valence-corrected chi connectivity index (χ2v) is 10.8. The van der Waals surface area contributed by atoms with Gasteiger partial charge in [-0.15, -0.1) is 24.8 Å². The third-order valence-electron chi connectivity index (χ3n) is 3.49. The molecule has 0 spiro atoms. The maximum atomic E-state index is 11.8. The van der Waals surface area contributed by atoms with Crippen LogP contribution in [0.5, 0.6) is 0 Å². The third-order valence-corrected chi connectivity index (χ3v) is 5.45. The zero-order chi connectivity index (χ0) is 15.8. The van der Waals surface area contributed by atoms with Crippen LogP contribution < -0.4 is 11.2 Å². The normalized spacial score (nSPS) is 29.7. The summed E-state index contributed by atoms with van der Waals surface area (Å²) in [6, 6.07) is 0. The molecule has 3 N–H and O–H groups in total. The first-order chi connectivity index (χ1) is 9.69. The summed E-state index contributed by atoms with van der Waals surface area (Å²) >= 11 is 6.19. The van der Waals surface area contributed by atoms with Crippen LogP contribution >= 0.6 is 18.5 Å². The number of H-pyrrole nitrogens is 2. The van der Waals surface area contributed by atoms with Crippen molar-refractivity contribution in [1.29, 1.82) is 0 Å². The molecular weight excluding hydrogens is 315 g/mol. The summed E-state index contributed by atoms with van der Waals surface area (Å²) in [6.45, 7) is 2.99. The van der Waals surface area contributed by atoms with Crippen LogP contribution in [0.15, 0.2) is 15.8 Å². The molecule has 4 atom stereocenters. The van der Waals surface area contributed by atoms with Gasteiger partial charge >= 0.3 is 5.69 Å². The Bertz CT molecular complexity index is 665. The van der Waals surface area contributed by atoms with Gasteiger partial charge < -0.3 is 14.8 Å². The molecule has 1 fully saturated rings. The van der Waals surface area contributed by atoms with Crippen LogP contribution in [0.1, 0.15) is 18.1 Å². The molecular formula is C13H20ClN2O4P. The molecule has 2 heterocycles. The number of aliphatic hydroxyl groups excluding tert-OH is 1. The second kappa shape index (κ2) is 6.13. The molecule has 1 saturated heterocycles. The summed E-state index contributed by atoms with van der Waals surface area (Å²) in [5.41, 5.74) is -0.916. The number of ether oxygens (including phenoxy) is 1. The van der Waals surface area contributed by atoms with E-state index in [1.807, 2.05) is 0 Å². The molecule has 0 unspecified atom stereocenters. The fraction of sp³-hybridized carbons (Fsp3) is 0.615. The van der Waals surface area contributed by atoms with Crippen molar-refractivity contribution in [2.45, 2.75) is 30.1 Å². The third kappa shape index (κ3) is 3.89. The van der Waals surface area contributed by atoms with Gasteiger partial charge in [0.25, 0.3) is 5.56 Å². The Morgan fingerprint density at radius 1 is 1.48 bits per heavy atom. The number of alkyl halides is 1. The van der Waals surface area contributed by atoms with Crippen molar-refractivity contribution >= 4 is 24.8 Å². The molecule has 1 aliphatic rings. The van der Waals surface area contributed by atoms with Gasteiger partial charge in [-0.25, -0.2) is 4.79 Å². The van der Waals surface area contributed by atoms with Crippen LogP contribution in [-0.4, -0.2) is 58.5 Å². The van der Waals surface area contributed by atoms with E-state index in [1.54, 1.807) is 0 Å². The van der Waals surface area contributed by atoms with E-state index >= 15 is 0 Å². The smallest absolute Gasteiger partial charge is 0.325 e. The molecule has 0 amide bonds. The number of halogens is 1. The van der Waals surface area contributed by atoms with E-state index in [1.165, 1.54) is 6.20 Å². The van der Waals surface area contributed by atoms with E-state index in [0.717, 1.165) is 6.16 Å². The van der Waals surface area contributed by atoms with Gasteiger partial charge in [0, 0.05) is 6.20 Å². The Hall–Kier alpha value is -0.810. The van der Waals surface area contributed by atoms with Crippen LogP contribution in [0, 0.1) is 0 Å². The molecule has 1 aromatic heterocycles. The van der Waals surface area contributed by atoms with Gasteiger partial charge in [-0.3, -0.25) is 9.78 Å². The molecule has 1 aliphatic heterocycles.